The molecule has 2 N–H and O–H groups in total. The fourth-order valence-corrected chi connectivity index (χ4v) is 3.36. The van der Waals surface area contributed by atoms with Crippen LogP contribution in [-0.4, -0.2) is 9.55 Å². The minimum atomic E-state index is 0. The molecular weight excluding hydrogens is 403 g/mol. The Balaban J connectivity index is 0. The topological polar surface area (TPSA) is 38.7 Å². The minimum Gasteiger partial charge on any atom is -1.00 e. The second-order valence-corrected chi connectivity index (χ2v) is 7.72. The van der Waals surface area contributed by atoms with Crippen LogP contribution in [0.5, 0.6) is 0 Å². The minimum absolute atomic E-state index is 0. The average molecular weight is 448 g/mol. The highest BCUT2D eigenvalue weighted by atomic mass is 35.5. The smallest absolute Gasteiger partial charge is 0.243 e. The van der Waals surface area contributed by atoms with Crippen molar-refractivity contribution in [3.8, 4) is 0 Å². The Bertz CT molecular complexity index is 497. The first kappa shape index (κ1) is 30.2. The van der Waals surface area contributed by atoms with Crippen molar-refractivity contribution in [3.05, 3.63) is 37.4 Å². The molecule has 2 rings (SSSR count). The van der Waals surface area contributed by atoms with Gasteiger partial charge in [-0.3, -0.25) is 9.97 Å². The number of halogens is 2. The van der Waals surface area contributed by atoms with Gasteiger partial charge in [0.15, 0.2) is 0 Å². The molecule has 0 saturated carbocycles. The zero-order chi connectivity index (χ0) is 19.4. The maximum atomic E-state index is 2.81. The third kappa shape index (κ3) is 20.1. The lowest BCUT2D eigenvalue weighted by Crippen LogP contribution is -3.00. The van der Waals surface area contributed by atoms with Gasteiger partial charge in [-0.15, -0.1) is 0 Å². The van der Waals surface area contributed by atoms with Gasteiger partial charge in [-0.2, -0.15) is 0 Å². The van der Waals surface area contributed by atoms with Gasteiger partial charge in [0.1, 0.15) is 24.8 Å². The standard InChI is InChI=1S/C20H39N2.C3H4N2.2ClH/c1-3-4-5-6-7-8-9-10-11-12-13-14-15-16-17-22-19-18-21(2)20-22;1-2-5-3-4-1;;/h18-20H,3-17H2,1-2H3;1-3H,(H,4,5);2*1H/q+1;;;/p-1. The first-order chi connectivity index (χ1) is 13.3. The van der Waals surface area contributed by atoms with E-state index in [2.05, 4.69) is 51.8 Å². The molecule has 0 bridgehead atoms. The summed E-state index contributed by atoms with van der Waals surface area (Å²) in [4.78, 5) is 5.61. The lowest BCUT2D eigenvalue weighted by molar-refractivity contribution is -0.671. The molecule has 0 saturated heterocycles. The average Bonchev–Trinajstić information content (AvgIpc) is 3.37. The lowest BCUT2D eigenvalue weighted by atomic mass is 10.0. The SMILES string of the molecule is CCCCCCCCCCCCCCCCn1cc[n+](C)c1.[Cl-].[Cl-].c1c[nH+]c[nH]1. The highest BCUT2D eigenvalue weighted by molar-refractivity contribution is 4.65. The summed E-state index contributed by atoms with van der Waals surface area (Å²) in [6, 6.07) is 0. The fourth-order valence-electron chi connectivity index (χ4n) is 3.36. The Labute approximate surface area is 191 Å². The van der Waals surface area contributed by atoms with Crippen LogP contribution in [0.3, 0.4) is 0 Å². The van der Waals surface area contributed by atoms with E-state index in [1.165, 1.54) is 96.4 Å². The van der Waals surface area contributed by atoms with Crippen LogP contribution in [0.1, 0.15) is 96.8 Å². The molecular formula is C23H44Cl2N4. The number of aromatic nitrogens is 4. The quantitative estimate of drug-likeness (QED) is 0.286. The van der Waals surface area contributed by atoms with Crippen LogP contribution in [0.15, 0.2) is 37.4 Å². The van der Waals surface area contributed by atoms with Gasteiger partial charge in [0.2, 0.25) is 12.7 Å². The molecule has 170 valence electrons. The van der Waals surface area contributed by atoms with Crippen LogP contribution >= 0.6 is 0 Å². The summed E-state index contributed by atoms with van der Waals surface area (Å²) in [5.74, 6) is 0. The highest BCUT2D eigenvalue weighted by Crippen LogP contribution is 2.13. The molecule has 0 fully saturated rings. The molecule has 0 unspecified atom stereocenters. The van der Waals surface area contributed by atoms with E-state index in [9.17, 15) is 0 Å². The third-order valence-electron chi connectivity index (χ3n) is 5.04. The number of nitrogens with one attached hydrogen (secondary N) is 2. The molecule has 2 aromatic heterocycles. The number of nitrogens with zero attached hydrogens (tertiary/aromatic N) is 2. The second kappa shape index (κ2) is 23.3. The molecule has 29 heavy (non-hydrogen) atoms. The van der Waals surface area contributed by atoms with Gasteiger partial charge < -0.3 is 24.8 Å². The summed E-state index contributed by atoms with van der Waals surface area (Å²) >= 11 is 0. The molecule has 0 amide bonds. The van der Waals surface area contributed by atoms with Crippen LogP contribution < -0.4 is 34.4 Å². The first-order valence-electron chi connectivity index (χ1n) is 11.3. The molecule has 0 aliphatic rings. The number of hydrogen-bond acceptors (Lipinski definition) is 0. The van der Waals surface area contributed by atoms with Gasteiger partial charge in [-0.1, -0.05) is 84.0 Å². The zero-order valence-electron chi connectivity index (χ0n) is 18.7. The Hall–Kier alpha value is -1.00. The van der Waals surface area contributed by atoms with Gasteiger partial charge in [-0.25, -0.2) is 9.13 Å². The van der Waals surface area contributed by atoms with E-state index in [0.29, 0.717) is 0 Å². The Morgan fingerprint density at radius 2 is 1.31 bits per heavy atom. The lowest BCUT2D eigenvalue weighted by Gasteiger charge is -2.03. The van der Waals surface area contributed by atoms with Crippen LogP contribution in [0, 0.1) is 0 Å². The number of aromatic amines is 2. The molecule has 0 atom stereocenters. The molecule has 2 heterocycles. The maximum absolute atomic E-state index is 2.81. The summed E-state index contributed by atoms with van der Waals surface area (Å²) < 4.78 is 4.41. The number of aryl methyl sites for hydroxylation is 2. The van der Waals surface area contributed by atoms with E-state index in [1.807, 2.05) is 12.4 Å². The van der Waals surface area contributed by atoms with E-state index in [0.717, 1.165) is 0 Å². The van der Waals surface area contributed by atoms with Gasteiger partial charge in [0, 0.05) is 0 Å². The van der Waals surface area contributed by atoms with E-state index >= 15 is 0 Å². The van der Waals surface area contributed by atoms with Crippen molar-refractivity contribution in [2.24, 2.45) is 7.05 Å². The van der Waals surface area contributed by atoms with E-state index in [1.54, 1.807) is 6.33 Å². The number of imidazole rings is 2. The van der Waals surface area contributed by atoms with Gasteiger partial charge >= 0.3 is 0 Å². The molecule has 0 radical (unpaired) electrons. The normalized spacial score (nSPS) is 9.86. The molecule has 4 nitrogen and oxygen atoms in total. The van der Waals surface area contributed by atoms with Crippen molar-refractivity contribution < 1.29 is 34.4 Å². The van der Waals surface area contributed by atoms with Crippen LogP contribution in [0.4, 0.5) is 0 Å². The molecule has 0 aromatic carbocycles. The number of H-pyrrole nitrogens is 2. The van der Waals surface area contributed by atoms with Gasteiger partial charge in [0.05, 0.1) is 13.6 Å². The summed E-state index contributed by atoms with van der Waals surface area (Å²) in [6.45, 7) is 3.47. The van der Waals surface area contributed by atoms with E-state index in [-0.39, 0.29) is 24.8 Å². The second-order valence-electron chi connectivity index (χ2n) is 7.72. The first-order valence-corrected chi connectivity index (χ1v) is 11.3. The summed E-state index contributed by atoms with van der Waals surface area (Å²) in [5, 5.41) is 0. The van der Waals surface area contributed by atoms with Crippen molar-refractivity contribution >= 4 is 0 Å². The summed E-state index contributed by atoms with van der Waals surface area (Å²) in [6.07, 6.45) is 31.9. The van der Waals surface area contributed by atoms with E-state index < -0.39 is 0 Å². The van der Waals surface area contributed by atoms with Crippen molar-refractivity contribution in [1.29, 1.82) is 0 Å². The molecule has 6 heteroatoms. The molecule has 0 spiro atoms. The Morgan fingerprint density at radius 1 is 0.793 bits per heavy atom. The Morgan fingerprint density at radius 3 is 1.66 bits per heavy atom. The van der Waals surface area contributed by atoms with Crippen molar-refractivity contribution in [2.45, 2.75) is 103 Å². The number of unbranched alkanes of at least 4 members (excludes halogenated alkanes) is 13. The predicted molar refractivity (Wildman–Crippen MR) is 113 cm³/mol. The monoisotopic (exact) mass is 446 g/mol. The molecule has 0 aliphatic heterocycles. The van der Waals surface area contributed by atoms with Crippen molar-refractivity contribution in [3.63, 3.8) is 0 Å². The summed E-state index contributed by atoms with van der Waals surface area (Å²) in [7, 11) is 2.09. The van der Waals surface area contributed by atoms with Gasteiger partial charge in [0.25, 0.3) is 0 Å². The van der Waals surface area contributed by atoms with Crippen LogP contribution in [0.2, 0.25) is 0 Å². The molecule has 0 aliphatic carbocycles. The van der Waals surface area contributed by atoms with Crippen LogP contribution in [-0.2, 0) is 13.6 Å². The van der Waals surface area contributed by atoms with Gasteiger partial charge in [-0.05, 0) is 12.8 Å². The number of rotatable bonds is 15. The third-order valence-corrected chi connectivity index (χ3v) is 5.04. The fraction of sp³-hybridized carbons (Fsp3) is 0.739. The maximum Gasteiger partial charge on any atom is 0.243 e. The van der Waals surface area contributed by atoms with Crippen LogP contribution in [0.25, 0.3) is 0 Å². The predicted octanol–water partition coefficient (Wildman–Crippen LogP) is -0.369. The highest BCUT2D eigenvalue weighted by Gasteiger charge is 1.99. The largest absolute Gasteiger partial charge is 1.00 e. The van der Waals surface area contributed by atoms with Crippen molar-refractivity contribution in [2.75, 3.05) is 0 Å². The van der Waals surface area contributed by atoms with E-state index in [4.69, 9.17) is 0 Å². The summed E-state index contributed by atoms with van der Waals surface area (Å²) in [5.41, 5.74) is 0. The Kier molecular flexibility index (Phi) is 24.2. The zero-order valence-corrected chi connectivity index (χ0v) is 20.2. The molecule has 2 aromatic rings. The number of hydrogen-bond donors (Lipinski definition) is 1. The van der Waals surface area contributed by atoms with Crippen molar-refractivity contribution in [1.82, 2.24) is 9.55 Å².